The molecule has 3 aliphatic rings. The van der Waals surface area contributed by atoms with Crippen molar-refractivity contribution in [1.29, 1.82) is 0 Å². The molecule has 0 aromatic heterocycles. The maximum Gasteiger partial charge on any atom is 0.512 e. The summed E-state index contributed by atoms with van der Waals surface area (Å²) in [6, 6.07) is 14.0. The van der Waals surface area contributed by atoms with E-state index in [4.69, 9.17) is 9.05 Å². The predicted octanol–water partition coefficient (Wildman–Crippen LogP) is 3.35. The van der Waals surface area contributed by atoms with Gasteiger partial charge >= 0.3 is 7.75 Å². The SMILES string of the molecule is CC(C)[C@@H]1NC(=O)[C@@H]2CCCN2C(=O)[C@H]2CCCN2C(=O)C[C@@H](C(=O)NCCSSCCNP(=O)(Oc2ccccc2)Oc2ccccc2)NC1=O. The molecule has 3 aliphatic heterocycles. The van der Waals surface area contributed by atoms with Gasteiger partial charge in [-0.15, -0.1) is 0 Å². The minimum atomic E-state index is -3.75. The largest absolute Gasteiger partial charge is 0.512 e. The van der Waals surface area contributed by atoms with Gasteiger partial charge in [-0.05, 0) is 55.9 Å². The van der Waals surface area contributed by atoms with Crippen LogP contribution in [0.3, 0.4) is 0 Å². The van der Waals surface area contributed by atoms with Crippen molar-refractivity contribution in [1.82, 2.24) is 30.8 Å². The molecule has 0 saturated carbocycles. The topological polar surface area (TPSA) is 175 Å². The number of carbonyl (C=O) groups excluding carboxylic acids is 5. The third kappa shape index (κ3) is 10.7. The Balaban J connectivity index is 1.13. The average Bonchev–Trinajstić information content (AvgIpc) is 3.82. The van der Waals surface area contributed by atoms with Crippen molar-refractivity contribution in [2.24, 2.45) is 5.92 Å². The van der Waals surface area contributed by atoms with Crippen molar-refractivity contribution >= 4 is 58.9 Å². The van der Waals surface area contributed by atoms with Gasteiger partial charge in [0, 0.05) is 37.7 Å². The molecular formula is C35H47N6O8PS2. The number of amides is 5. The molecule has 0 aliphatic carbocycles. The quantitative estimate of drug-likeness (QED) is 0.126. The fourth-order valence-corrected chi connectivity index (χ4v) is 9.68. The van der Waals surface area contributed by atoms with E-state index < -0.39 is 55.5 Å². The standard InChI is InChI=1S/C35H47N6O8PS2/c1-24(2)31-34(45)38-27(23-30(42)40-19-10-16-29(40)35(46)41-20-9-15-28(41)33(44)39-31)32(43)36-17-21-51-52-22-18-37-50(47,48-25-11-5-3-6-12-25)49-26-13-7-4-8-14-26/h3-8,11-14,24,27-29,31H,9-10,15-23H2,1-2H3,(H,36,43)(H,37,47)(H,38,45)(H,39,44)/t27-,28-,29+,31-/m0/s1. The monoisotopic (exact) mass is 774 g/mol. The smallest absolute Gasteiger partial charge is 0.405 e. The van der Waals surface area contributed by atoms with Gasteiger partial charge in [0.05, 0.1) is 6.42 Å². The molecule has 17 heteroatoms. The van der Waals surface area contributed by atoms with Crippen LogP contribution in [-0.2, 0) is 28.5 Å². The maximum absolute atomic E-state index is 13.6. The number of benzene rings is 2. The summed E-state index contributed by atoms with van der Waals surface area (Å²) in [5.41, 5.74) is 0. The van der Waals surface area contributed by atoms with Gasteiger partial charge in [0.1, 0.15) is 35.7 Å². The van der Waals surface area contributed by atoms with Gasteiger partial charge in [-0.25, -0.2) is 9.65 Å². The Hall–Kier alpha value is -3.72. The van der Waals surface area contributed by atoms with Gasteiger partial charge in [0.15, 0.2) is 0 Å². The fraction of sp³-hybridized carbons (Fsp3) is 0.514. The second-order valence-corrected chi connectivity index (χ2v) is 17.5. The van der Waals surface area contributed by atoms with Crippen molar-refractivity contribution in [3.05, 3.63) is 60.7 Å². The molecule has 0 bridgehead atoms. The molecule has 3 fully saturated rings. The Kier molecular flexibility index (Phi) is 14.3. The first-order valence-corrected chi connectivity index (χ1v) is 21.6. The summed E-state index contributed by atoms with van der Waals surface area (Å²) in [7, 11) is -0.769. The van der Waals surface area contributed by atoms with E-state index in [0.29, 0.717) is 68.3 Å². The van der Waals surface area contributed by atoms with E-state index >= 15 is 0 Å². The molecule has 5 amide bonds. The lowest BCUT2D eigenvalue weighted by Crippen LogP contribution is -2.58. The Morgan fingerprint density at radius 3 is 2.02 bits per heavy atom. The van der Waals surface area contributed by atoms with Crippen molar-refractivity contribution in [2.45, 2.75) is 70.1 Å². The van der Waals surface area contributed by atoms with Crippen LogP contribution in [0.5, 0.6) is 11.5 Å². The van der Waals surface area contributed by atoms with Gasteiger partial charge in [-0.2, -0.15) is 0 Å². The number of fused-ring (bicyclic) bond motifs is 2. The normalized spacial score (nSPS) is 22.8. The van der Waals surface area contributed by atoms with Gasteiger partial charge in [0.2, 0.25) is 29.5 Å². The molecular weight excluding hydrogens is 728 g/mol. The Morgan fingerprint density at radius 2 is 1.40 bits per heavy atom. The second-order valence-electron chi connectivity index (χ2n) is 13.1. The summed E-state index contributed by atoms with van der Waals surface area (Å²) in [4.78, 5) is 70.5. The molecule has 0 unspecified atom stereocenters. The van der Waals surface area contributed by atoms with Crippen LogP contribution in [0, 0.1) is 5.92 Å². The van der Waals surface area contributed by atoms with Crippen LogP contribution in [0.15, 0.2) is 60.7 Å². The molecule has 52 heavy (non-hydrogen) atoms. The maximum atomic E-state index is 13.6. The number of hydrogen-bond acceptors (Lipinski definition) is 10. The van der Waals surface area contributed by atoms with Crippen LogP contribution < -0.4 is 30.1 Å². The zero-order valence-electron chi connectivity index (χ0n) is 29.4. The van der Waals surface area contributed by atoms with Crippen LogP contribution in [-0.4, -0.2) is 101 Å². The van der Waals surface area contributed by atoms with Crippen LogP contribution in [0.2, 0.25) is 0 Å². The van der Waals surface area contributed by atoms with Gasteiger partial charge < -0.3 is 34.8 Å². The van der Waals surface area contributed by atoms with Crippen molar-refractivity contribution in [2.75, 3.05) is 37.7 Å². The number of nitrogens with zero attached hydrogens (tertiary/aromatic N) is 2. The first kappa shape index (κ1) is 39.5. The van der Waals surface area contributed by atoms with Crippen LogP contribution >= 0.6 is 29.3 Å². The van der Waals surface area contributed by atoms with Crippen molar-refractivity contribution < 1.29 is 37.6 Å². The third-order valence-electron chi connectivity index (χ3n) is 8.95. The summed E-state index contributed by atoms with van der Waals surface area (Å²) in [5.74, 6) is -0.607. The predicted molar refractivity (Wildman–Crippen MR) is 200 cm³/mol. The first-order chi connectivity index (χ1) is 25.0. The van der Waals surface area contributed by atoms with Crippen LogP contribution in [0.25, 0.3) is 0 Å². The highest BCUT2D eigenvalue weighted by molar-refractivity contribution is 8.76. The van der Waals surface area contributed by atoms with Crippen molar-refractivity contribution in [3.8, 4) is 11.5 Å². The third-order valence-corrected chi connectivity index (χ3v) is 12.9. The highest BCUT2D eigenvalue weighted by Crippen LogP contribution is 2.44. The molecule has 2 aromatic rings. The molecule has 3 heterocycles. The summed E-state index contributed by atoms with van der Waals surface area (Å²) in [6.45, 7) is 4.91. The molecule has 4 atom stereocenters. The van der Waals surface area contributed by atoms with E-state index in [0.717, 1.165) is 0 Å². The lowest BCUT2D eigenvalue weighted by Gasteiger charge is -2.31. The number of nitrogens with one attached hydrogen (secondary N) is 4. The molecule has 0 spiro atoms. The molecule has 14 nitrogen and oxygen atoms in total. The lowest BCUT2D eigenvalue weighted by atomic mass is 10.0. The minimum Gasteiger partial charge on any atom is -0.405 e. The molecule has 5 rings (SSSR count). The Bertz CT molecular complexity index is 1550. The van der Waals surface area contributed by atoms with Crippen molar-refractivity contribution in [3.63, 3.8) is 0 Å². The first-order valence-electron chi connectivity index (χ1n) is 17.6. The van der Waals surface area contributed by atoms with E-state index in [9.17, 15) is 28.5 Å². The van der Waals surface area contributed by atoms with Crippen LogP contribution in [0.1, 0.15) is 46.0 Å². The fourth-order valence-electron chi connectivity index (χ4n) is 6.37. The average molecular weight is 775 g/mol. The molecule has 4 N–H and O–H groups in total. The number of carbonyl (C=O) groups is 5. The minimum absolute atomic E-state index is 0.253. The second kappa shape index (κ2) is 18.9. The van der Waals surface area contributed by atoms with E-state index in [-0.39, 0.29) is 24.8 Å². The number of rotatable bonds is 14. The van der Waals surface area contributed by atoms with Crippen LogP contribution in [0.4, 0.5) is 0 Å². The van der Waals surface area contributed by atoms with E-state index in [2.05, 4.69) is 21.0 Å². The van der Waals surface area contributed by atoms with Gasteiger partial charge in [-0.1, -0.05) is 71.8 Å². The highest BCUT2D eigenvalue weighted by Gasteiger charge is 2.44. The number of para-hydroxylation sites is 2. The molecule has 282 valence electrons. The summed E-state index contributed by atoms with van der Waals surface area (Å²) < 4.78 is 25.0. The summed E-state index contributed by atoms with van der Waals surface area (Å²) in [5, 5.41) is 11.3. The Labute approximate surface area is 312 Å². The Morgan fingerprint density at radius 1 is 0.827 bits per heavy atom. The molecule has 2 aromatic carbocycles. The van der Waals surface area contributed by atoms with Gasteiger partial charge in [-0.3, -0.25) is 24.0 Å². The van der Waals surface area contributed by atoms with Gasteiger partial charge in [0.25, 0.3) is 0 Å². The van der Waals surface area contributed by atoms with E-state index in [1.54, 1.807) is 67.3 Å². The lowest BCUT2D eigenvalue weighted by molar-refractivity contribution is -0.147. The molecule has 3 saturated heterocycles. The summed E-state index contributed by atoms with van der Waals surface area (Å²) >= 11 is 0. The molecule has 0 radical (unpaired) electrons. The van der Waals surface area contributed by atoms with E-state index in [1.165, 1.54) is 26.5 Å². The number of hydrogen-bond donors (Lipinski definition) is 4. The zero-order chi connectivity index (χ0) is 37.1. The zero-order valence-corrected chi connectivity index (χ0v) is 31.9. The highest BCUT2D eigenvalue weighted by atomic mass is 33.1. The summed E-state index contributed by atoms with van der Waals surface area (Å²) in [6.07, 6.45) is 1.94. The van der Waals surface area contributed by atoms with E-state index in [1.807, 2.05) is 12.1 Å².